The van der Waals surface area contributed by atoms with Crippen molar-refractivity contribution in [1.29, 1.82) is 0 Å². The van der Waals surface area contributed by atoms with Crippen molar-refractivity contribution in [3.8, 4) is 17.2 Å². The Labute approximate surface area is 149 Å². The lowest BCUT2D eigenvalue weighted by molar-refractivity contribution is 0.101. The van der Waals surface area contributed by atoms with Gasteiger partial charge in [-0.2, -0.15) is 9.78 Å². The predicted octanol–water partition coefficient (Wildman–Crippen LogP) is 2.51. The molecule has 26 heavy (non-hydrogen) atoms. The van der Waals surface area contributed by atoms with Crippen LogP contribution in [0.25, 0.3) is 5.69 Å². The largest absolute Gasteiger partial charge is 0.505 e. The zero-order valence-corrected chi connectivity index (χ0v) is 14.3. The molecule has 0 spiro atoms. The Bertz CT molecular complexity index is 1010. The quantitative estimate of drug-likeness (QED) is 0.753. The molecule has 0 saturated heterocycles. The normalized spacial score (nSPS) is 10.4. The average molecular weight is 351 g/mol. The molecule has 0 radical (unpaired) electrons. The van der Waals surface area contributed by atoms with Gasteiger partial charge in [0.2, 0.25) is 0 Å². The number of nitrogens with one attached hydrogen (secondary N) is 1. The van der Waals surface area contributed by atoms with E-state index in [0.29, 0.717) is 17.1 Å². The fraction of sp³-hybridized carbons (Fsp3) is 0.105. The average Bonchev–Trinajstić information content (AvgIpc) is 2.63. The lowest BCUT2D eigenvalue weighted by Crippen LogP contribution is -2.25. The van der Waals surface area contributed by atoms with Gasteiger partial charge in [0.15, 0.2) is 11.4 Å². The Morgan fingerprint density at radius 1 is 1.15 bits per heavy atom. The maximum absolute atomic E-state index is 12.5. The Hall–Kier alpha value is -3.61. The van der Waals surface area contributed by atoms with Crippen molar-refractivity contribution >= 4 is 11.6 Å². The van der Waals surface area contributed by atoms with Crippen LogP contribution in [-0.2, 0) is 0 Å². The first-order chi connectivity index (χ1) is 12.5. The van der Waals surface area contributed by atoms with Gasteiger partial charge in [0.05, 0.1) is 7.11 Å². The molecule has 0 unspecified atom stereocenters. The Morgan fingerprint density at radius 3 is 2.54 bits per heavy atom. The first-order valence-electron chi connectivity index (χ1n) is 7.84. The Balaban J connectivity index is 2.01. The summed E-state index contributed by atoms with van der Waals surface area (Å²) in [6, 6.07) is 14.9. The number of nitrogens with zero attached hydrogens (tertiary/aromatic N) is 2. The van der Waals surface area contributed by atoms with Crippen molar-refractivity contribution in [2.24, 2.45) is 0 Å². The summed E-state index contributed by atoms with van der Waals surface area (Å²) in [6.45, 7) is 1.93. The third kappa shape index (κ3) is 3.41. The summed E-state index contributed by atoms with van der Waals surface area (Å²) in [6.07, 6.45) is 0. The van der Waals surface area contributed by atoms with Crippen molar-refractivity contribution in [1.82, 2.24) is 9.78 Å². The number of para-hydroxylation sites is 2. The first kappa shape index (κ1) is 17.2. The van der Waals surface area contributed by atoms with Gasteiger partial charge in [-0.3, -0.25) is 9.59 Å². The van der Waals surface area contributed by atoms with E-state index in [9.17, 15) is 14.7 Å². The van der Waals surface area contributed by atoms with Gasteiger partial charge in [0.25, 0.3) is 11.5 Å². The van der Waals surface area contributed by atoms with Crippen molar-refractivity contribution in [3.05, 3.63) is 76.2 Å². The fourth-order valence-corrected chi connectivity index (χ4v) is 2.41. The van der Waals surface area contributed by atoms with E-state index in [2.05, 4.69) is 10.4 Å². The summed E-state index contributed by atoms with van der Waals surface area (Å²) in [7, 11) is 1.47. The number of hydrogen-bond acceptors (Lipinski definition) is 5. The van der Waals surface area contributed by atoms with E-state index in [4.69, 9.17) is 4.74 Å². The lowest BCUT2D eigenvalue weighted by atomic mass is 10.2. The SMILES string of the molecule is COc1ccccc1-n1nc(C(=O)Nc2ccc(C)cc2)c(O)cc1=O. The monoisotopic (exact) mass is 351 g/mol. The van der Waals surface area contributed by atoms with Gasteiger partial charge in [-0.15, -0.1) is 0 Å². The highest BCUT2D eigenvalue weighted by atomic mass is 16.5. The van der Waals surface area contributed by atoms with Crippen LogP contribution in [-0.4, -0.2) is 27.9 Å². The molecule has 2 aromatic carbocycles. The molecule has 3 aromatic rings. The van der Waals surface area contributed by atoms with E-state index in [-0.39, 0.29) is 5.69 Å². The maximum atomic E-state index is 12.5. The second-order valence-electron chi connectivity index (χ2n) is 5.62. The van der Waals surface area contributed by atoms with E-state index in [0.717, 1.165) is 16.3 Å². The molecule has 1 aromatic heterocycles. The number of amides is 1. The van der Waals surface area contributed by atoms with Gasteiger partial charge < -0.3 is 15.2 Å². The third-order valence-electron chi connectivity index (χ3n) is 3.75. The molecular weight excluding hydrogens is 334 g/mol. The molecule has 1 heterocycles. The summed E-state index contributed by atoms with van der Waals surface area (Å²) < 4.78 is 6.25. The number of benzene rings is 2. The highest BCUT2D eigenvalue weighted by Gasteiger charge is 2.18. The molecular formula is C19H17N3O4. The molecule has 132 valence electrons. The minimum Gasteiger partial charge on any atom is -0.505 e. The van der Waals surface area contributed by atoms with Crippen LogP contribution in [0.2, 0.25) is 0 Å². The number of rotatable bonds is 4. The van der Waals surface area contributed by atoms with Crippen LogP contribution in [0.4, 0.5) is 5.69 Å². The summed E-state index contributed by atoms with van der Waals surface area (Å²) in [4.78, 5) is 24.7. The van der Waals surface area contributed by atoms with Crippen molar-refractivity contribution in [2.75, 3.05) is 12.4 Å². The van der Waals surface area contributed by atoms with E-state index < -0.39 is 17.2 Å². The highest BCUT2D eigenvalue weighted by molar-refractivity contribution is 6.04. The van der Waals surface area contributed by atoms with Gasteiger partial charge >= 0.3 is 0 Å². The lowest BCUT2D eigenvalue weighted by Gasteiger charge is -2.12. The molecule has 0 bridgehead atoms. The molecule has 0 aliphatic heterocycles. The fourth-order valence-electron chi connectivity index (χ4n) is 2.41. The predicted molar refractivity (Wildman–Crippen MR) is 97.2 cm³/mol. The third-order valence-corrected chi connectivity index (χ3v) is 3.75. The number of ether oxygens (including phenoxy) is 1. The summed E-state index contributed by atoms with van der Waals surface area (Å²) in [5.41, 5.74) is 1.12. The number of aromatic nitrogens is 2. The van der Waals surface area contributed by atoms with E-state index >= 15 is 0 Å². The van der Waals surface area contributed by atoms with Gasteiger partial charge in [-0.1, -0.05) is 29.8 Å². The van der Waals surface area contributed by atoms with Crippen molar-refractivity contribution in [3.63, 3.8) is 0 Å². The minimum absolute atomic E-state index is 0.268. The molecule has 7 nitrogen and oxygen atoms in total. The smallest absolute Gasteiger partial charge is 0.279 e. The van der Waals surface area contributed by atoms with Gasteiger partial charge in [-0.05, 0) is 31.2 Å². The molecule has 1 amide bonds. The maximum Gasteiger partial charge on any atom is 0.279 e. The first-order valence-corrected chi connectivity index (χ1v) is 7.84. The molecule has 0 fully saturated rings. The molecule has 0 atom stereocenters. The van der Waals surface area contributed by atoms with Crippen molar-refractivity contribution < 1.29 is 14.6 Å². The summed E-state index contributed by atoms with van der Waals surface area (Å²) in [5.74, 6) is -0.710. The van der Waals surface area contributed by atoms with Crippen LogP contribution in [0.1, 0.15) is 16.1 Å². The Kier molecular flexibility index (Phi) is 4.70. The number of methoxy groups -OCH3 is 1. The van der Waals surface area contributed by atoms with E-state index in [1.807, 2.05) is 19.1 Å². The molecule has 0 aliphatic rings. The molecule has 0 saturated carbocycles. The topological polar surface area (TPSA) is 93.5 Å². The number of carbonyl (C=O) groups is 1. The Morgan fingerprint density at radius 2 is 1.85 bits per heavy atom. The number of aromatic hydroxyl groups is 1. The van der Waals surface area contributed by atoms with E-state index in [1.165, 1.54) is 7.11 Å². The van der Waals surface area contributed by atoms with Gasteiger partial charge in [-0.25, -0.2) is 0 Å². The van der Waals surface area contributed by atoms with Crippen LogP contribution in [0, 0.1) is 6.92 Å². The molecule has 7 heteroatoms. The van der Waals surface area contributed by atoms with Crippen LogP contribution in [0.15, 0.2) is 59.4 Å². The zero-order valence-electron chi connectivity index (χ0n) is 14.3. The second kappa shape index (κ2) is 7.10. The summed E-state index contributed by atoms with van der Waals surface area (Å²) >= 11 is 0. The minimum atomic E-state index is -0.630. The number of anilines is 1. The zero-order chi connectivity index (χ0) is 18.7. The molecule has 0 aliphatic carbocycles. The van der Waals surface area contributed by atoms with Crippen LogP contribution in [0.5, 0.6) is 11.5 Å². The second-order valence-corrected chi connectivity index (χ2v) is 5.62. The number of aryl methyl sites for hydroxylation is 1. The van der Waals surface area contributed by atoms with Crippen LogP contribution < -0.4 is 15.6 Å². The standard InChI is InChI=1S/C19H17N3O4/c1-12-7-9-13(10-8-12)20-19(25)18-15(23)11-17(24)22(21-18)14-5-3-4-6-16(14)26-2/h3-11,23H,1-2H3,(H,20,25). The van der Waals surface area contributed by atoms with Gasteiger partial charge in [0.1, 0.15) is 11.4 Å². The van der Waals surface area contributed by atoms with Gasteiger partial charge in [0, 0.05) is 11.8 Å². The van der Waals surface area contributed by atoms with Crippen molar-refractivity contribution in [2.45, 2.75) is 6.92 Å². The van der Waals surface area contributed by atoms with Crippen LogP contribution >= 0.6 is 0 Å². The van der Waals surface area contributed by atoms with Crippen LogP contribution in [0.3, 0.4) is 0 Å². The highest BCUT2D eigenvalue weighted by Crippen LogP contribution is 2.21. The number of hydrogen-bond donors (Lipinski definition) is 2. The summed E-state index contributed by atoms with van der Waals surface area (Å²) in [5, 5.41) is 16.7. The number of carbonyl (C=O) groups excluding carboxylic acids is 1. The molecule has 3 rings (SSSR count). The van der Waals surface area contributed by atoms with E-state index in [1.54, 1.807) is 36.4 Å². The molecule has 2 N–H and O–H groups in total.